The van der Waals surface area contributed by atoms with Crippen LogP contribution in [0.5, 0.6) is 5.75 Å². The predicted molar refractivity (Wildman–Crippen MR) is 72.0 cm³/mol. The first-order valence-corrected chi connectivity index (χ1v) is 6.26. The van der Waals surface area contributed by atoms with Gasteiger partial charge in [-0.2, -0.15) is 5.26 Å². The first-order chi connectivity index (χ1) is 8.78. The number of nitriles is 1. The maximum Gasteiger partial charge on any atom is 0.130 e. The molecule has 3 nitrogen and oxygen atoms in total. The van der Waals surface area contributed by atoms with Crippen LogP contribution in [0.3, 0.4) is 0 Å². The van der Waals surface area contributed by atoms with E-state index >= 15 is 0 Å². The molecule has 0 spiro atoms. The maximum absolute atomic E-state index is 8.57. The van der Waals surface area contributed by atoms with Gasteiger partial charge in [0.15, 0.2) is 0 Å². The lowest BCUT2D eigenvalue weighted by Crippen LogP contribution is -1.97. The van der Waals surface area contributed by atoms with E-state index in [-0.39, 0.29) is 0 Å². The van der Waals surface area contributed by atoms with Gasteiger partial charge in [0.2, 0.25) is 0 Å². The second-order valence-corrected chi connectivity index (χ2v) is 4.65. The predicted octanol–water partition coefficient (Wildman–Crippen LogP) is 3.49. The van der Waals surface area contributed by atoms with Crippen LogP contribution in [0.4, 0.5) is 0 Å². The topological polar surface area (TPSA) is 45.9 Å². The highest BCUT2D eigenvalue weighted by Crippen LogP contribution is 2.14. The molecule has 0 aliphatic carbocycles. The Bertz CT molecular complexity index is 544. The number of rotatable bonds is 4. The molecule has 0 unspecified atom stereocenters. The summed E-state index contributed by atoms with van der Waals surface area (Å²) in [7, 11) is 0. The molecule has 0 saturated carbocycles. The Balaban J connectivity index is 1.94. The van der Waals surface area contributed by atoms with Crippen molar-refractivity contribution in [2.75, 3.05) is 0 Å². The summed E-state index contributed by atoms with van der Waals surface area (Å²) >= 11 is 3.33. The van der Waals surface area contributed by atoms with Crippen LogP contribution in [-0.4, -0.2) is 4.98 Å². The third kappa shape index (κ3) is 3.57. The van der Waals surface area contributed by atoms with E-state index in [1.54, 1.807) is 6.20 Å². The third-order valence-electron chi connectivity index (χ3n) is 2.38. The van der Waals surface area contributed by atoms with E-state index in [2.05, 4.69) is 27.0 Å². The molecule has 90 valence electrons. The fraction of sp³-hybridized carbons (Fsp3) is 0.143. The molecule has 0 fully saturated rings. The fourth-order valence-corrected chi connectivity index (χ4v) is 1.68. The normalized spacial score (nSPS) is 9.78. The molecule has 0 atom stereocenters. The summed E-state index contributed by atoms with van der Waals surface area (Å²) < 4.78 is 6.56. The number of aromatic nitrogens is 1. The minimum atomic E-state index is 0.425. The molecule has 0 N–H and O–H groups in total. The largest absolute Gasteiger partial charge is 0.487 e. The van der Waals surface area contributed by atoms with Crippen molar-refractivity contribution in [1.29, 1.82) is 5.26 Å². The van der Waals surface area contributed by atoms with E-state index in [4.69, 9.17) is 10.00 Å². The number of halogens is 1. The lowest BCUT2D eigenvalue weighted by atomic mass is 10.2. The summed E-state index contributed by atoms with van der Waals surface area (Å²) in [6.45, 7) is 0.435. The van der Waals surface area contributed by atoms with Crippen molar-refractivity contribution in [2.24, 2.45) is 0 Å². The Morgan fingerprint density at radius 2 is 1.94 bits per heavy atom. The van der Waals surface area contributed by atoms with Gasteiger partial charge in [-0.1, -0.05) is 12.1 Å². The lowest BCUT2D eigenvalue weighted by molar-refractivity contribution is 0.301. The summed E-state index contributed by atoms with van der Waals surface area (Å²) in [4.78, 5) is 4.23. The number of hydrogen-bond donors (Lipinski definition) is 0. The van der Waals surface area contributed by atoms with Crippen LogP contribution in [0.2, 0.25) is 0 Å². The Morgan fingerprint density at radius 3 is 2.56 bits per heavy atom. The quantitative estimate of drug-likeness (QED) is 0.868. The molecule has 4 heteroatoms. The van der Waals surface area contributed by atoms with Crippen LogP contribution >= 0.6 is 15.9 Å². The van der Waals surface area contributed by atoms with Gasteiger partial charge in [0.05, 0.1) is 18.2 Å². The van der Waals surface area contributed by atoms with E-state index in [0.717, 1.165) is 21.5 Å². The van der Waals surface area contributed by atoms with Crippen LogP contribution in [0.25, 0.3) is 0 Å². The molecule has 0 aliphatic rings. The maximum atomic E-state index is 8.57. The molecule has 0 bridgehead atoms. The molecular formula is C14H11BrN2O. The van der Waals surface area contributed by atoms with Gasteiger partial charge in [-0.3, -0.25) is 4.98 Å². The Kier molecular flexibility index (Phi) is 4.32. The molecule has 0 aliphatic heterocycles. The van der Waals surface area contributed by atoms with Crippen molar-refractivity contribution in [3.05, 3.63) is 58.3 Å². The zero-order chi connectivity index (χ0) is 12.8. The summed E-state index contributed by atoms with van der Waals surface area (Å²) in [5, 5.41) is 8.57. The highest BCUT2D eigenvalue weighted by atomic mass is 79.9. The second kappa shape index (κ2) is 6.18. The Hall–Kier alpha value is -1.86. The monoisotopic (exact) mass is 302 g/mol. The summed E-state index contributed by atoms with van der Waals surface area (Å²) in [5.41, 5.74) is 1.87. The third-order valence-corrected chi connectivity index (χ3v) is 2.85. The summed E-state index contributed by atoms with van der Waals surface area (Å²) in [6.07, 6.45) is 2.17. The molecular weight excluding hydrogens is 292 g/mol. The van der Waals surface area contributed by atoms with Gasteiger partial charge in [-0.05, 0) is 45.8 Å². The Labute approximate surface area is 114 Å². The van der Waals surface area contributed by atoms with Gasteiger partial charge < -0.3 is 4.74 Å². The SMILES string of the molecule is N#CCc1ccc(OCc2ccc(Br)cn2)cc1. The van der Waals surface area contributed by atoms with Crippen molar-refractivity contribution in [3.8, 4) is 11.8 Å². The zero-order valence-corrected chi connectivity index (χ0v) is 11.2. The standard InChI is InChI=1S/C14H11BrN2O/c15-12-3-4-13(17-9-12)10-18-14-5-1-11(2-6-14)7-8-16/h1-6,9H,7,10H2. The van der Waals surface area contributed by atoms with Gasteiger partial charge in [0.1, 0.15) is 12.4 Å². The van der Waals surface area contributed by atoms with Crippen LogP contribution in [-0.2, 0) is 13.0 Å². The number of ether oxygens (including phenoxy) is 1. The van der Waals surface area contributed by atoms with E-state index in [1.807, 2.05) is 36.4 Å². The van der Waals surface area contributed by atoms with Crippen LogP contribution in [0.15, 0.2) is 47.1 Å². The number of pyridine rings is 1. The van der Waals surface area contributed by atoms with Crippen molar-refractivity contribution >= 4 is 15.9 Å². The highest BCUT2D eigenvalue weighted by molar-refractivity contribution is 9.10. The highest BCUT2D eigenvalue weighted by Gasteiger charge is 1.98. The van der Waals surface area contributed by atoms with Crippen LogP contribution in [0.1, 0.15) is 11.3 Å². The van der Waals surface area contributed by atoms with Gasteiger partial charge in [0.25, 0.3) is 0 Å². The van der Waals surface area contributed by atoms with E-state index in [1.165, 1.54) is 0 Å². The number of nitrogens with zero attached hydrogens (tertiary/aromatic N) is 2. The minimum Gasteiger partial charge on any atom is -0.487 e. The first kappa shape index (κ1) is 12.6. The molecule has 1 aromatic carbocycles. The summed E-state index contributed by atoms with van der Waals surface area (Å²) in [5.74, 6) is 0.779. The molecule has 0 radical (unpaired) electrons. The van der Waals surface area contributed by atoms with Gasteiger partial charge >= 0.3 is 0 Å². The van der Waals surface area contributed by atoms with E-state index in [9.17, 15) is 0 Å². The van der Waals surface area contributed by atoms with E-state index in [0.29, 0.717) is 13.0 Å². The second-order valence-electron chi connectivity index (χ2n) is 3.74. The molecule has 18 heavy (non-hydrogen) atoms. The van der Waals surface area contributed by atoms with Crippen LogP contribution in [0, 0.1) is 11.3 Å². The number of benzene rings is 1. The molecule has 0 saturated heterocycles. The minimum absolute atomic E-state index is 0.425. The summed E-state index contributed by atoms with van der Waals surface area (Å²) in [6, 6.07) is 13.5. The molecule has 1 heterocycles. The lowest BCUT2D eigenvalue weighted by Gasteiger charge is -2.06. The molecule has 2 aromatic rings. The van der Waals surface area contributed by atoms with Gasteiger partial charge in [-0.15, -0.1) is 0 Å². The Morgan fingerprint density at radius 1 is 1.17 bits per heavy atom. The number of hydrogen-bond acceptors (Lipinski definition) is 3. The average molecular weight is 303 g/mol. The fourth-order valence-electron chi connectivity index (χ4n) is 1.44. The van der Waals surface area contributed by atoms with Crippen LogP contribution < -0.4 is 4.74 Å². The van der Waals surface area contributed by atoms with Crippen molar-refractivity contribution < 1.29 is 4.74 Å². The smallest absolute Gasteiger partial charge is 0.130 e. The first-order valence-electron chi connectivity index (χ1n) is 5.47. The zero-order valence-electron chi connectivity index (χ0n) is 9.64. The molecule has 1 aromatic heterocycles. The molecule has 2 rings (SSSR count). The van der Waals surface area contributed by atoms with E-state index < -0.39 is 0 Å². The average Bonchev–Trinajstić information content (AvgIpc) is 2.40. The van der Waals surface area contributed by atoms with Crippen molar-refractivity contribution in [2.45, 2.75) is 13.0 Å². The van der Waals surface area contributed by atoms with Crippen molar-refractivity contribution in [1.82, 2.24) is 4.98 Å². The van der Waals surface area contributed by atoms with Gasteiger partial charge in [0, 0.05) is 10.7 Å². The van der Waals surface area contributed by atoms with Crippen molar-refractivity contribution in [3.63, 3.8) is 0 Å². The molecule has 0 amide bonds. The van der Waals surface area contributed by atoms with Gasteiger partial charge in [-0.25, -0.2) is 0 Å².